The summed E-state index contributed by atoms with van der Waals surface area (Å²) in [7, 11) is 1.47. The zero-order valence-corrected chi connectivity index (χ0v) is 15.5. The molecule has 1 heterocycles. The van der Waals surface area contributed by atoms with Crippen LogP contribution in [0.4, 0.5) is 4.79 Å². The van der Waals surface area contributed by atoms with Crippen LogP contribution in [0.25, 0.3) is 6.08 Å². The highest BCUT2D eigenvalue weighted by molar-refractivity contribution is 8.18. The largest absolute Gasteiger partial charge is 0.489 e. The normalized spacial score (nSPS) is 16.0. The molecule has 0 atom stereocenters. The molecule has 3 rings (SSSR count). The number of carbonyl (C=O) groups is 2. The Morgan fingerprint density at radius 3 is 2.44 bits per heavy atom. The molecule has 2 aromatic rings. The van der Waals surface area contributed by atoms with Crippen molar-refractivity contribution in [3.63, 3.8) is 0 Å². The van der Waals surface area contributed by atoms with Crippen LogP contribution in [0.15, 0.2) is 47.4 Å². The van der Waals surface area contributed by atoms with Crippen LogP contribution in [0.1, 0.15) is 11.1 Å². The number of hydrogen-bond donors (Lipinski definition) is 0. The van der Waals surface area contributed by atoms with Gasteiger partial charge in [0.2, 0.25) is 0 Å². The van der Waals surface area contributed by atoms with Gasteiger partial charge in [0.1, 0.15) is 12.4 Å². The average Bonchev–Trinajstić information content (AvgIpc) is 2.82. The second-order valence-electron chi connectivity index (χ2n) is 5.33. The van der Waals surface area contributed by atoms with Gasteiger partial charge in [-0.15, -0.1) is 0 Å². The van der Waals surface area contributed by atoms with E-state index in [0.29, 0.717) is 27.3 Å². The Morgan fingerprint density at radius 1 is 1.12 bits per heavy atom. The van der Waals surface area contributed by atoms with Crippen LogP contribution in [-0.2, 0) is 11.4 Å². The van der Waals surface area contributed by atoms with E-state index in [9.17, 15) is 9.59 Å². The zero-order valence-electron chi connectivity index (χ0n) is 13.2. The fourth-order valence-corrected chi connectivity index (χ4v) is 3.45. The summed E-state index contributed by atoms with van der Waals surface area (Å²) in [5.74, 6) is 0.388. The Bertz CT molecular complexity index is 865. The van der Waals surface area contributed by atoms with Gasteiger partial charge in [-0.1, -0.05) is 41.4 Å². The minimum absolute atomic E-state index is 0.268. The van der Waals surface area contributed by atoms with Gasteiger partial charge >= 0.3 is 0 Å². The van der Waals surface area contributed by atoms with E-state index in [1.165, 1.54) is 7.05 Å². The van der Waals surface area contributed by atoms with Crippen molar-refractivity contribution >= 4 is 52.2 Å². The summed E-state index contributed by atoms with van der Waals surface area (Å²) in [5, 5.41) is 0.866. The molecule has 0 spiro atoms. The fourth-order valence-electron chi connectivity index (χ4n) is 2.16. The van der Waals surface area contributed by atoms with Gasteiger partial charge in [0.25, 0.3) is 11.1 Å². The van der Waals surface area contributed by atoms with Crippen molar-refractivity contribution in [1.82, 2.24) is 4.90 Å². The first-order chi connectivity index (χ1) is 11.9. The molecule has 0 saturated carbocycles. The zero-order chi connectivity index (χ0) is 18.0. The summed E-state index contributed by atoms with van der Waals surface area (Å²) < 4.78 is 5.71. The van der Waals surface area contributed by atoms with Crippen LogP contribution in [-0.4, -0.2) is 23.1 Å². The number of amides is 2. The van der Waals surface area contributed by atoms with Crippen molar-refractivity contribution in [2.45, 2.75) is 6.61 Å². The first-order valence-corrected chi connectivity index (χ1v) is 8.89. The van der Waals surface area contributed by atoms with Gasteiger partial charge in [-0.3, -0.25) is 14.5 Å². The van der Waals surface area contributed by atoms with E-state index < -0.39 is 0 Å². The predicted octanol–water partition coefficient (Wildman–Crippen LogP) is 5.24. The lowest BCUT2D eigenvalue weighted by Gasteiger charge is -2.08. The lowest BCUT2D eigenvalue weighted by Crippen LogP contribution is -2.22. The number of likely N-dealkylation sites (N-methyl/N-ethyl adjacent to an activating group) is 1. The molecule has 1 fully saturated rings. The van der Waals surface area contributed by atoms with Gasteiger partial charge in [-0.2, -0.15) is 0 Å². The third-order valence-corrected chi connectivity index (χ3v) is 5.12. The molecule has 7 heteroatoms. The molecule has 128 valence electrons. The number of halogens is 2. The van der Waals surface area contributed by atoms with Crippen molar-refractivity contribution in [2.24, 2.45) is 0 Å². The van der Waals surface area contributed by atoms with E-state index >= 15 is 0 Å². The standard InChI is InChI=1S/C18H13Cl2NO3S/c1-21-17(22)16(25-18(21)23)8-11-2-6-14(7-3-11)24-10-12-4-5-13(19)9-15(12)20/h2-9H,10H2,1H3/b16-8-. The van der Waals surface area contributed by atoms with E-state index in [4.69, 9.17) is 27.9 Å². The highest BCUT2D eigenvalue weighted by atomic mass is 35.5. The number of imide groups is 1. The number of rotatable bonds is 4. The molecule has 2 aromatic carbocycles. The van der Waals surface area contributed by atoms with Crippen LogP contribution in [0.3, 0.4) is 0 Å². The summed E-state index contributed by atoms with van der Waals surface area (Å²) in [6.45, 7) is 0.323. The summed E-state index contributed by atoms with van der Waals surface area (Å²) >= 11 is 12.9. The first kappa shape index (κ1) is 17.9. The van der Waals surface area contributed by atoms with Crippen molar-refractivity contribution in [3.05, 3.63) is 68.5 Å². The van der Waals surface area contributed by atoms with E-state index in [1.54, 1.807) is 30.3 Å². The van der Waals surface area contributed by atoms with Crippen molar-refractivity contribution in [2.75, 3.05) is 7.05 Å². The number of hydrogen-bond acceptors (Lipinski definition) is 4. The molecule has 0 unspecified atom stereocenters. The third kappa shape index (κ3) is 4.18. The lowest BCUT2D eigenvalue weighted by molar-refractivity contribution is -0.121. The second kappa shape index (κ2) is 7.52. The molecule has 0 N–H and O–H groups in total. The van der Waals surface area contributed by atoms with Crippen molar-refractivity contribution in [1.29, 1.82) is 0 Å². The van der Waals surface area contributed by atoms with E-state index in [0.717, 1.165) is 27.8 Å². The monoisotopic (exact) mass is 393 g/mol. The molecule has 0 bridgehead atoms. The summed E-state index contributed by atoms with van der Waals surface area (Å²) in [6.07, 6.45) is 1.69. The lowest BCUT2D eigenvalue weighted by atomic mass is 10.2. The molecule has 1 aliphatic heterocycles. The summed E-state index contributed by atoms with van der Waals surface area (Å²) in [4.78, 5) is 24.9. The van der Waals surface area contributed by atoms with Crippen molar-refractivity contribution < 1.29 is 14.3 Å². The number of nitrogens with zero attached hydrogens (tertiary/aromatic N) is 1. The molecular formula is C18H13Cl2NO3S. The Balaban J connectivity index is 1.66. The quantitative estimate of drug-likeness (QED) is 0.666. The van der Waals surface area contributed by atoms with E-state index in [2.05, 4.69) is 0 Å². The third-order valence-electron chi connectivity index (χ3n) is 3.57. The van der Waals surface area contributed by atoms with Crippen LogP contribution >= 0.6 is 35.0 Å². The Labute approximate surface area is 159 Å². The molecule has 1 aliphatic rings. The second-order valence-corrected chi connectivity index (χ2v) is 7.17. The number of carbonyl (C=O) groups excluding carboxylic acids is 2. The molecule has 25 heavy (non-hydrogen) atoms. The van der Waals surface area contributed by atoms with Crippen molar-refractivity contribution in [3.8, 4) is 5.75 Å². The highest BCUT2D eigenvalue weighted by Crippen LogP contribution is 2.31. The molecule has 0 aromatic heterocycles. The summed E-state index contributed by atoms with van der Waals surface area (Å²) in [5.41, 5.74) is 1.66. The maximum atomic E-state index is 11.9. The fraction of sp³-hybridized carbons (Fsp3) is 0.111. The van der Waals surface area contributed by atoms with Gasteiger partial charge in [0, 0.05) is 22.7 Å². The van der Waals surface area contributed by atoms with Crippen LogP contribution in [0.5, 0.6) is 5.75 Å². The number of ether oxygens (including phenoxy) is 1. The van der Waals surface area contributed by atoms with Crippen LogP contribution in [0.2, 0.25) is 10.0 Å². The molecule has 0 aliphatic carbocycles. The Morgan fingerprint density at radius 2 is 1.84 bits per heavy atom. The SMILES string of the molecule is CN1C(=O)S/C(=C\c2ccc(OCc3ccc(Cl)cc3Cl)cc2)C1=O. The van der Waals surface area contributed by atoms with Gasteiger partial charge in [-0.25, -0.2) is 0 Å². The minimum atomic E-state index is -0.285. The average molecular weight is 394 g/mol. The number of thioether (sulfide) groups is 1. The van der Waals surface area contributed by atoms with Gasteiger partial charge in [0.15, 0.2) is 0 Å². The van der Waals surface area contributed by atoms with Gasteiger partial charge in [0.05, 0.1) is 4.91 Å². The maximum absolute atomic E-state index is 11.9. The minimum Gasteiger partial charge on any atom is -0.489 e. The molecular weight excluding hydrogens is 381 g/mol. The predicted molar refractivity (Wildman–Crippen MR) is 101 cm³/mol. The Hall–Kier alpha value is -1.95. The smallest absolute Gasteiger partial charge is 0.293 e. The molecule has 2 amide bonds. The van der Waals surface area contributed by atoms with Gasteiger partial charge in [-0.05, 0) is 47.7 Å². The molecule has 1 saturated heterocycles. The molecule has 0 radical (unpaired) electrons. The topological polar surface area (TPSA) is 46.6 Å². The van der Waals surface area contributed by atoms with Crippen LogP contribution < -0.4 is 4.74 Å². The van der Waals surface area contributed by atoms with Gasteiger partial charge < -0.3 is 4.74 Å². The highest BCUT2D eigenvalue weighted by Gasteiger charge is 2.31. The summed E-state index contributed by atoms with van der Waals surface area (Å²) in [6, 6.07) is 12.5. The van der Waals surface area contributed by atoms with E-state index in [-0.39, 0.29) is 11.1 Å². The van der Waals surface area contributed by atoms with E-state index in [1.807, 2.05) is 18.2 Å². The Kier molecular flexibility index (Phi) is 5.37. The number of benzene rings is 2. The first-order valence-electron chi connectivity index (χ1n) is 7.32. The maximum Gasteiger partial charge on any atom is 0.293 e. The van der Waals surface area contributed by atoms with Crippen LogP contribution in [0, 0.1) is 0 Å². The molecule has 4 nitrogen and oxygen atoms in total.